The van der Waals surface area contributed by atoms with Gasteiger partial charge in [-0.2, -0.15) is 0 Å². The molecule has 0 aliphatic rings. The highest BCUT2D eigenvalue weighted by Crippen LogP contribution is 2.48. The van der Waals surface area contributed by atoms with E-state index in [9.17, 15) is 6.57 Å². The smallest absolute Gasteiger partial charge is 0.234 e. The number of benzene rings is 10. The van der Waals surface area contributed by atoms with Gasteiger partial charge in [0.2, 0.25) is 5.69 Å². The largest absolute Gasteiger partial charge is 0.319 e. The fourth-order valence-electron chi connectivity index (χ4n) is 12.7. The normalized spacial score (nSPS) is 11.4. The molecule has 0 N–H and O–H groups in total. The van der Waals surface area contributed by atoms with Crippen LogP contribution >= 0.6 is 0 Å². The molecule has 0 unspecified atom stereocenters. The minimum Gasteiger partial charge on any atom is -0.319 e. The van der Waals surface area contributed by atoms with E-state index in [2.05, 4.69) is 106 Å². The van der Waals surface area contributed by atoms with Crippen LogP contribution in [0.5, 0.6) is 0 Å². The van der Waals surface area contributed by atoms with Crippen molar-refractivity contribution in [2.45, 2.75) is 0 Å². The van der Waals surface area contributed by atoms with Crippen LogP contribution < -0.4 is 0 Å². The number of aromatic nitrogens is 6. The molecule has 7 nitrogen and oxygen atoms in total. The average Bonchev–Trinajstić information content (AvgIpc) is 1.54. The van der Waals surface area contributed by atoms with Crippen LogP contribution in [-0.4, -0.2) is 29.1 Å². The van der Waals surface area contributed by atoms with Gasteiger partial charge in [-0.05, 0) is 91.0 Å². The number of halogens is 2. The summed E-state index contributed by atoms with van der Waals surface area (Å²) in [6, 6.07) is 97.0. The first kappa shape index (κ1) is 53.2. The number of hydrogen-bond acceptors (Lipinski definition) is 4. The van der Waals surface area contributed by atoms with Crippen molar-refractivity contribution in [3.63, 3.8) is 0 Å². The molecule has 16 aromatic rings. The SMILES string of the molecule is [C-]#[N+]c1c(-n2c3cc(-c4cccc(-c5ccccc5)n4)ccc3c3ccc(-c4cccc(-c5ccccc5)n4)cc32)ccc(-c2c(F)cccc2F)c1-n1c2cc(-c3cccc(-c4ccccc4)n3)ccc2c2ccc(-c3cccc(-c4ccccc4)n3)cc21. The molecule has 16 rings (SSSR count). The highest BCUT2D eigenvalue weighted by Gasteiger charge is 2.28. The molecule has 0 aliphatic carbocycles. The topological polar surface area (TPSA) is 65.8 Å². The summed E-state index contributed by atoms with van der Waals surface area (Å²) in [5.74, 6) is -1.54. The van der Waals surface area contributed by atoms with Gasteiger partial charge in [0.25, 0.3) is 0 Å². The summed E-state index contributed by atoms with van der Waals surface area (Å²) in [7, 11) is 0. The molecule has 9 heteroatoms. The first-order valence-corrected chi connectivity index (χ1v) is 29.7. The molecule has 0 atom stereocenters. The quantitative estimate of drug-likeness (QED) is 0.121. The summed E-state index contributed by atoms with van der Waals surface area (Å²) in [6.45, 7) is 9.63. The molecule has 0 saturated carbocycles. The van der Waals surface area contributed by atoms with Gasteiger partial charge < -0.3 is 9.13 Å². The van der Waals surface area contributed by atoms with Crippen molar-refractivity contribution in [2.75, 3.05) is 0 Å². The number of hydrogen-bond donors (Lipinski definition) is 0. The Bertz CT molecular complexity index is 5220. The zero-order valence-corrected chi connectivity index (χ0v) is 48.2. The van der Waals surface area contributed by atoms with Crippen molar-refractivity contribution in [3.8, 4) is 113 Å². The highest BCUT2D eigenvalue weighted by atomic mass is 19.1. The van der Waals surface area contributed by atoms with Crippen LogP contribution in [-0.2, 0) is 0 Å². The molecular formula is C81H49F2N7. The van der Waals surface area contributed by atoms with Gasteiger partial charge in [-0.1, -0.05) is 206 Å². The molecule has 90 heavy (non-hydrogen) atoms. The summed E-state index contributed by atoms with van der Waals surface area (Å²) in [4.78, 5) is 25.4. The summed E-state index contributed by atoms with van der Waals surface area (Å²) >= 11 is 0. The van der Waals surface area contributed by atoms with Crippen molar-refractivity contribution in [1.82, 2.24) is 29.1 Å². The second kappa shape index (κ2) is 22.2. The van der Waals surface area contributed by atoms with Gasteiger partial charge in [-0.15, -0.1) is 0 Å². The first-order chi connectivity index (χ1) is 44.4. The number of nitrogens with zero attached hydrogens (tertiary/aromatic N) is 7. The van der Waals surface area contributed by atoms with E-state index in [1.54, 1.807) is 6.07 Å². The monoisotopic (exact) mass is 1160 g/mol. The predicted octanol–water partition coefficient (Wildman–Crippen LogP) is 21.3. The van der Waals surface area contributed by atoms with E-state index in [4.69, 9.17) is 19.9 Å². The molecule has 0 bridgehead atoms. The minimum atomic E-state index is -0.771. The molecule has 0 spiro atoms. The lowest BCUT2D eigenvalue weighted by Gasteiger charge is -2.21. The maximum Gasteiger partial charge on any atom is 0.234 e. The average molecular weight is 1160 g/mol. The Morgan fingerprint density at radius 3 is 0.878 bits per heavy atom. The molecule has 0 amide bonds. The molecular weight excluding hydrogens is 1110 g/mol. The lowest BCUT2D eigenvalue weighted by Crippen LogP contribution is -2.04. The highest BCUT2D eigenvalue weighted by molar-refractivity contribution is 6.14. The standard InChI is InChI=1S/C81H49F2N7/c1-84-80-74(89-75-47-55(70-33-15-29-66(85-70)51-19-6-2-7-20-51)37-41-59(75)60-42-38-56(48-76(60)89)71-34-16-30-67(86-71)52-21-8-3-9-22-52)46-45-63(79-64(82)27-14-28-65(79)83)81(80)90-77-49-57(72-35-17-31-68(87-72)53-23-10-4-11-24-53)39-43-61(77)62-44-40-58(50-78(62)90)73-36-18-32-69(88-73)54-25-12-5-13-26-54/h2-50H. The third kappa shape index (κ3) is 9.35. The van der Waals surface area contributed by atoms with E-state index in [1.807, 2.05) is 180 Å². The summed E-state index contributed by atoms with van der Waals surface area (Å²) in [5, 5.41) is 3.56. The van der Waals surface area contributed by atoms with E-state index in [0.29, 0.717) is 16.7 Å². The molecule has 0 saturated heterocycles. The molecule has 0 aliphatic heterocycles. The zero-order chi connectivity index (χ0) is 60.2. The number of pyridine rings is 4. The maximum absolute atomic E-state index is 17.1. The third-order valence-corrected chi connectivity index (χ3v) is 16.9. The fourth-order valence-corrected chi connectivity index (χ4v) is 12.7. The van der Waals surface area contributed by atoms with Crippen LogP contribution in [0.4, 0.5) is 14.5 Å². The second-order valence-electron chi connectivity index (χ2n) is 22.2. The van der Waals surface area contributed by atoms with Gasteiger partial charge in [0, 0.05) is 71.6 Å². The number of rotatable bonds is 11. The summed E-state index contributed by atoms with van der Waals surface area (Å²) in [5.41, 5.74) is 17.3. The lowest BCUT2D eigenvalue weighted by atomic mass is 9.99. The van der Waals surface area contributed by atoms with E-state index in [0.717, 1.165) is 123 Å². The Labute approximate surface area is 517 Å². The molecule has 10 aromatic carbocycles. The Morgan fingerprint density at radius 1 is 0.278 bits per heavy atom. The Balaban J connectivity index is 1.00. The third-order valence-electron chi connectivity index (χ3n) is 16.9. The summed E-state index contributed by atoms with van der Waals surface area (Å²) < 4.78 is 38.3. The summed E-state index contributed by atoms with van der Waals surface area (Å²) in [6.07, 6.45) is 0. The van der Waals surface area contributed by atoms with E-state index >= 15 is 8.78 Å². The van der Waals surface area contributed by atoms with Gasteiger partial charge in [-0.3, -0.25) is 0 Å². The first-order valence-electron chi connectivity index (χ1n) is 29.7. The van der Waals surface area contributed by atoms with E-state index in [1.165, 1.54) is 18.2 Å². The van der Waals surface area contributed by atoms with Crippen LogP contribution in [0.2, 0.25) is 0 Å². The van der Waals surface area contributed by atoms with Crippen molar-refractivity contribution in [3.05, 3.63) is 320 Å². The van der Waals surface area contributed by atoms with Crippen molar-refractivity contribution >= 4 is 49.3 Å². The van der Waals surface area contributed by atoms with Crippen LogP contribution in [0.25, 0.3) is 161 Å². The predicted molar refractivity (Wildman–Crippen MR) is 361 cm³/mol. The maximum atomic E-state index is 17.1. The van der Waals surface area contributed by atoms with Crippen molar-refractivity contribution < 1.29 is 8.78 Å². The van der Waals surface area contributed by atoms with E-state index < -0.39 is 11.6 Å². The van der Waals surface area contributed by atoms with Crippen molar-refractivity contribution in [2.24, 2.45) is 0 Å². The molecule has 6 heterocycles. The van der Waals surface area contributed by atoms with Gasteiger partial charge in [0.05, 0.1) is 91.1 Å². The molecule has 422 valence electrons. The molecule has 0 fully saturated rings. The Kier molecular flexibility index (Phi) is 13.2. The zero-order valence-electron chi connectivity index (χ0n) is 48.2. The molecule has 6 aromatic heterocycles. The van der Waals surface area contributed by atoms with Crippen LogP contribution in [0, 0.1) is 18.2 Å². The second-order valence-corrected chi connectivity index (χ2v) is 22.2. The molecule has 0 radical (unpaired) electrons. The van der Waals surface area contributed by atoms with Crippen LogP contribution in [0.15, 0.2) is 297 Å². The van der Waals surface area contributed by atoms with Gasteiger partial charge >= 0.3 is 0 Å². The van der Waals surface area contributed by atoms with Crippen LogP contribution in [0.1, 0.15) is 0 Å². The lowest BCUT2D eigenvalue weighted by molar-refractivity contribution is 0.589. The van der Waals surface area contributed by atoms with Gasteiger partial charge in [0.1, 0.15) is 11.6 Å². The fraction of sp³-hybridized carbons (Fsp3) is 0. The van der Waals surface area contributed by atoms with Crippen LogP contribution in [0.3, 0.4) is 0 Å². The van der Waals surface area contributed by atoms with Gasteiger partial charge in [-0.25, -0.2) is 33.6 Å². The minimum absolute atomic E-state index is 0.154. The van der Waals surface area contributed by atoms with Crippen molar-refractivity contribution in [1.29, 1.82) is 0 Å². The Morgan fingerprint density at radius 2 is 0.567 bits per heavy atom. The van der Waals surface area contributed by atoms with Gasteiger partial charge in [0.15, 0.2) is 0 Å². The Hall–Kier alpha value is -12.3. The number of fused-ring (bicyclic) bond motifs is 6. The van der Waals surface area contributed by atoms with E-state index in [-0.39, 0.29) is 22.5 Å².